The number of phenolic OH excluding ortho intramolecular Hbond substituents is 2. The summed E-state index contributed by atoms with van der Waals surface area (Å²) in [5, 5.41) is 20.7. The Bertz CT molecular complexity index is 1130. The molecule has 154 valence electrons. The van der Waals surface area contributed by atoms with Crippen LogP contribution in [0.4, 0.5) is 0 Å². The van der Waals surface area contributed by atoms with Gasteiger partial charge in [-0.3, -0.25) is 4.79 Å². The molecule has 3 aromatic rings. The van der Waals surface area contributed by atoms with E-state index in [1.807, 2.05) is 0 Å². The summed E-state index contributed by atoms with van der Waals surface area (Å²) in [6, 6.07) is 4.13. The first-order valence-electron chi connectivity index (χ1n) is 8.35. The second-order valence-corrected chi connectivity index (χ2v) is 5.85. The minimum atomic E-state index is -0.604. The fourth-order valence-electron chi connectivity index (χ4n) is 3.04. The van der Waals surface area contributed by atoms with Crippen molar-refractivity contribution in [2.45, 2.75) is 0 Å². The van der Waals surface area contributed by atoms with Crippen molar-refractivity contribution >= 4 is 11.0 Å². The molecule has 0 fully saturated rings. The molecule has 0 saturated carbocycles. The van der Waals surface area contributed by atoms with Gasteiger partial charge >= 0.3 is 0 Å². The van der Waals surface area contributed by atoms with E-state index in [0.717, 1.165) is 0 Å². The SMILES string of the molecule is COc1cc(O)c(-c2oc3cc(OC)c(O)c(OC)c3c(=O)c2OC)cc1OC. The Balaban J connectivity index is 2.44. The summed E-state index contributed by atoms with van der Waals surface area (Å²) in [5.74, 6) is -0.268. The monoisotopic (exact) mass is 404 g/mol. The lowest BCUT2D eigenvalue weighted by molar-refractivity contribution is 0.341. The molecule has 9 nitrogen and oxygen atoms in total. The van der Waals surface area contributed by atoms with Gasteiger partial charge in [0.1, 0.15) is 16.7 Å². The third kappa shape index (κ3) is 3.10. The van der Waals surface area contributed by atoms with Crippen molar-refractivity contribution in [2.75, 3.05) is 35.5 Å². The standard InChI is InChI=1S/C20H20O9/c1-24-11-6-9(10(21)7-12(11)25-2)18-20(28-5)17(23)15-13(29-18)8-14(26-3)16(22)19(15)27-4/h6-8,21-22H,1-5H3. The lowest BCUT2D eigenvalue weighted by atomic mass is 10.1. The Hall–Kier alpha value is -3.75. The van der Waals surface area contributed by atoms with Crippen molar-refractivity contribution < 1.29 is 38.3 Å². The lowest BCUT2D eigenvalue weighted by Gasteiger charge is -2.15. The van der Waals surface area contributed by atoms with Gasteiger partial charge in [-0.25, -0.2) is 0 Å². The summed E-state index contributed by atoms with van der Waals surface area (Å²) >= 11 is 0. The van der Waals surface area contributed by atoms with Gasteiger partial charge in [0, 0.05) is 12.1 Å². The smallest absolute Gasteiger partial charge is 0.239 e. The minimum absolute atomic E-state index is 0.0358. The van der Waals surface area contributed by atoms with E-state index in [-0.39, 0.29) is 51.0 Å². The zero-order valence-corrected chi connectivity index (χ0v) is 16.5. The Morgan fingerprint density at radius 1 is 0.759 bits per heavy atom. The maximum absolute atomic E-state index is 13.1. The van der Waals surface area contributed by atoms with E-state index in [9.17, 15) is 15.0 Å². The summed E-state index contributed by atoms with van der Waals surface area (Å²) < 4.78 is 31.9. The lowest BCUT2D eigenvalue weighted by Crippen LogP contribution is -2.09. The van der Waals surface area contributed by atoms with Crippen molar-refractivity contribution in [3.8, 4) is 51.6 Å². The molecule has 29 heavy (non-hydrogen) atoms. The van der Waals surface area contributed by atoms with Crippen LogP contribution >= 0.6 is 0 Å². The van der Waals surface area contributed by atoms with Gasteiger partial charge in [-0.15, -0.1) is 0 Å². The van der Waals surface area contributed by atoms with Gasteiger partial charge in [-0.1, -0.05) is 0 Å². The topological polar surface area (TPSA) is 117 Å². The van der Waals surface area contributed by atoms with E-state index in [0.29, 0.717) is 11.5 Å². The fraction of sp³-hybridized carbons (Fsp3) is 0.250. The van der Waals surface area contributed by atoms with Gasteiger partial charge in [0.05, 0.1) is 41.1 Å². The Kier molecular flexibility index (Phi) is 5.31. The third-order valence-electron chi connectivity index (χ3n) is 4.41. The first kappa shape index (κ1) is 20.0. The van der Waals surface area contributed by atoms with Gasteiger partial charge in [0.2, 0.25) is 16.9 Å². The van der Waals surface area contributed by atoms with Crippen LogP contribution in [0.3, 0.4) is 0 Å². The predicted octanol–water partition coefficient (Wildman–Crippen LogP) is 2.91. The Labute approximate surface area is 165 Å². The van der Waals surface area contributed by atoms with Crippen molar-refractivity contribution in [3.63, 3.8) is 0 Å². The molecule has 2 aromatic carbocycles. The maximum Gasteiger partial charge on any atom is 0.239 e. The molecule has 0 aliphatic rings. The summed E-state index contributed by atoms with van der Waals surface area (Å²) in [4.78, 5) is 13.1. The maximum atomic E-state index is 13.1. The molecule has 0 atom stereocenters. The molecule has 2 N–H and O–H groups in total. The fourth-order valence-corrected chi connectivity index (χ4v) is 3.04. The number of ether oxygens (including phenoxy) is 5. The summed E-state index contributed by atoms with van der Waals surface area (Å²) in [6.45, 7) is 0. The second-order valence-electron chi connectivity index (χ2n) is 5.85. The molecule has 0 aliphatic heterocycles. The molecular formula is C20H20O9. The summed E-state index contributed by atoms with van der Waals surface area (Å²) in [7, 11) is 6.80. The van der Waals surface area contributed by atoms with Crippen LogP contribution in [0, 0.1) is 0 Å². The number of hydrogen-bond donors (Lipinski definition) is 2. The van der Waals surface area contributed by atoms with E-state index in [4.69, 9.17) is 28.1 Å². The predicted molar refractivity (Wildman–Crippen MR) is 104 cm³/mol. The quantitative estimate of drug-likeness (QED) is 0.639. The first-order valence-corrected chi connectivity index (χ1v) is 8.35. The molecule has 0 amide bonds. The third-order valence-corrected chi connectivity index (χ3v) is 4.41. The average molecular weight is 404 g/mol. The van der Waals surface area contributed by atoms with Gasteiger partial charge in [0.15, 0.2) is 28.8 Å². The van der Waals surface area contributed by atoms with Gasteiger partial charge < -0.3 is 38.3 Å². The molecule has 1 aromatic heterocycles. The zero-order valence-electron chi connectivity index (χ0n) is 16.5. The second kappa shape index (κ2) is 7.70. The van der Waals surface area contributed by atoms with Crippen molar-refractivity contribution in [1.82, 2.24) is 0 Å². The average Bonchev–Trinajstić information content (AvgIpc) is 2.73. The summed E-state index contributed by atoms with van der Waals surface area (Å²) in [5.41, 5.74) is -0.399. The molecule has 3 rings (SSSR count). The molecular weight excluding hydrogens is 384 g/mol. The highest BCUT2D eigenvalue weighted by atomic mass is 16.5. The molecule has 9 heteroatoms. The van der Waals surface area contributed by atoms with Crippen molar-refractivity contribution in [1.29, 1.82) is 0 Å². The summed E-state index contributed by atoms with van der Waals surface area (Å²) in [6.07, 6.45) is 0. The van der Waals surface area contributed by atoms with E-state index in [1.165, 1.54) is 53.7 Å². The van der Waals surface area contributed by atoms with E-state index in [2.05, 4.69) is 0 Å². The van der Waals surface area contributed by atoms with Crippen LogP contribution in [0.1, 0.15) is 0 Å². The number of benzene rings is 2. The van der Waals surface area contributed by atoms with Gasteiger partial charge in [-0.05, 0) is 6.07 Å². The van der Waals surface area contributed by atoms with Crippen LogP contribution in [0.2, 0.25) is 0 Å². The van der Waals surface area contributed by atoms with Crippen LogP contribution in [-0.4, -0.2) is 45.8 Å². The highest BCUT2D eigenvalue weighted by Gasteiger charge is 2.26. The van der Waals surface area contributed by atoms with E-state index >= 15 is 0 Å². The van der Waals surface area contributed by atoms with E-state index in [1.54, 1.807) is 0 Å². The molecule has 0 unspecified atom stereocenters. The number of rotatable bonds is 6. The molecule has 0 radical (unpaired) electrons. The first-order chi connectivity index (χ1) is 13.9. The molecule has 0 bridgehead atoms. The van der Waals surface area contributed by atoms with Crippen LogP contribution < -0.4 is 29.1 Å². The minimum Gasteiger partial charge on any atom is -0.507 e. The van der Waals surface area contributed by atoms with Crippen molar-refractivity contribution in [2.24, 2.45) is 0 Å². The molecule has 0 aliphatic carbocycles. The Morgan fingerprint density at radius 2 is 1.34 bits per heavy atom. The highest BCUT2D eigenvalue weighted by molar-refractivity contribution is 5.92. The molecule has 1 heterocycles. The van der Waals surface area contributed by atoms with Crippen LogP contribution in [0.15, 0.2) is 27.4 Å². The van der Waals surface area contributed by atoms with Crippen LogP contribution in [0.5, 0.6) is 40.2 Å². The largest absolute Gasteiger partial charge is 0.507 e. The number of aromatic hydroxyl groups is 2. The van der Waals surface area contributed by atoms with Crippen molar-refractivity contribution in [3.05, 3.63) is 28.4 Å². The molecule has 0 saturated heterocycles. The van der Waals surface area contributed by atoms with E-state index < -0.39 is 5.43 Å². The number of hydrogen-bond acceptors (Lipinski definition) is 9. The number of phenols is 2. The van der Waals surface area contributed by atoms with Gasteiger partial charge in [-0.2, -0.15) is 0 Å². The van der Waals surface area contributed by atoms with Crippen LogP contribution in [-0.2, 0) is 0 Å². The highest BCUT2D eigenvalue weighted by Crippen LogP contribution is 2.46. The number of fused-ring (bicyclic) bond motifs is 1. The zero-order chi connectivity index (χ0) is 21.3. The normalized spacial score (nSPS) is 10.7. The number of methoxy groups -OCH3 is 5. The molecule has 0 spiro atoms. The van der Waals surface area contributed by atoms with Crippen LogP contribution in [0.25, 0.3) is 22.3 Å². The Morgan fingerprint density at radius 3 is 1.90 bits per heavy atom. The van der Waals surface area contributed by atoms with Gasteiger partial charge in [0.25, 0.3) is 0 Å².